The summed E-state index contributed by atoms with van der Waals surface area (Å²) >= 11 is 9.63. The summed E-state index contributed by atoms with van der Waals surface area (Å²) in [4.78, 5) is 57.3. The van der Waals surface area contributed by atoms with Crippen molar-refractivity contribution in [2.75, 3.05) is 31.1 Å². The largest absolute Gasteiger partial charge is 0.460 e. The van der Waals surface area contributed by atoms with Crippen LogP contribution in [0.3, 0.4) is 0 Å². The van der Waals surface area contributed by atoms with Crippen LogP contribution in [0, 0.1) is 11.8 Å². The Labute approximate surface area is 245 Å². The number of anilines is 1. The van der Waals surface area contributed by atoms with Gasteiger partial charge in [-0.25, -0.2) is 0 Å². The molecule has 10 nitrogen and oxygen atoms in total. The van der Waals surface area contributed by atoms with Crippen molar-refractivity contribution in [3.05, 3.63) is 52.0 Å². The molecule has 6 atom stereocenters. The summed E-state index contributed by atoms with van der Waals surface area (Å²) in [5.74, 6) is -3.60. The number of nitrogens with zero attached hydrogens (tertiary/aromatic N) is 2. The second-order valence-electron chi connectivity index (χ2n) is 10.4. The van der Waals surface area contributed by atoms with Crippen LogP contribution in [0.25, 0.3) is 0 Å². The zero-order valence-corrected chi connectivity index (χ0v) is 24.3. The summed E-state index contributed by atoms with van der Waals surface area (Å²) in [6, 6.07) is 5.69. The number of amides is 3. The lowest BCUT2D eigenvalue weighted by molar-refractivity contribution is -0.158. The summed E-state index contributed by atoms with van der Waals surface area (Å²) in [6.45, 7) is 1.89. The van der Waals surface area contributed by atoms with E-state index in [1.807, 2.05) is 6.08 Å². The van der Waals surface area contributed by atoms with Crippen LogP contribution in [0.1, 0.15) is 26.2 Å². The van der Waals surface area contributed by atoms with Crippen LogP contribution in [0.4, 0.5) is 5.69 Å². The quantitative estimate of drug-likeness (QED) is 0.384. The van der Waals surface area contributed by atoms with E-state index in [0.29, 0.717) is 21.6 Å². The second kappa shape index (κ2) is 11.6. The van der Waals surface area contributed by atoms with Crippen LogP contribution < -0.4 is 10.2 Å². The van der Waals surface area contributed by atoms with Crippen molar-refractivity contribution in [3.63, 3.8) is 0 Å². The second-order valence-corrected chi connectivity index (χ2v) is 11.8. The summed E-state index contributed by atoms with van der Waals surface area (Å²) < 4.78 is 12.7. The first-order valence-electron chi connectivity index (χ1n) is 13.3. The number of halogens is 2. The monoisotopic (exact) mass is 635 g/mol. The lowest BCUT2D eigenvalue weighted by Crippen LogP contribution is -2.56. The van der Waals surface area contributed by atoms with E-state index in [1.165, 1.54) is 9.80 Å². The maximum absolute atomic E-state index is 14.5. The van der Waals surface area contributed by atoms with E-state index in [1.54, 1.807) is 43.3 Å². The van der Waals surface area contributed by atoms with Crippen molar-refractivity contribution < 1.29 is 33.8 Å². The number of hydrogen-bond donors (Lipinski definition) is 2. The topological polar surface area (TPSA) is 125 Å². The third-order valence-electron chi connectivity index (χ3n) is 7.79. The van der Waals surface area contributed by atoms with E-state index >= 15 is 0 Å². The Bertz CT molecular complexity index is 1250. The zero-order chi connectivity index (χ0) is 28.6. The van der Waals surface area contributed by atoms with Gasteiger partial charge >= 0.3 is 5.97 Å². The lowest BCUT2D eigenvalue weighted by atomic mass is 9.74. The minimum atomic E-state index is -1.41. The third kappa shape index (κ3) is 5.08. The highest BCUT2D eigenvalue weighted by Gasteiger charge is 2.74. The molecule has 4 aliphatic heterocycles. The van der Waals surface area contributed by atoms with Crippen LogP contribution in [0.5, 0.6) is 0 Å². The zero-order valence-electron chi connectivity index (χ0n) is 21.9. The van der Waals surface area contributed by atoms with E-state index in [2.05, 4.69) is 21.2 Å². The minimum absolute atomic E-state index is 0.109. The highest BCUT2D eigenvalue weighted by molar-refractivity contribution is 9.11. The Morgan fingerprint density at radius 1 is 1.15 bits per heavy atom. The Morgan fingerprint density at radius 2 is 1.90 bits per heavy atom. The molecule has 3 amide bonds. The number of carbonyl (C=O) groups excluding carboxylic acids is 4. The van der Waals surface area contributed by atoms with Crippen molar-refractivity contribution in [2.24, 2.45) is 11.8 Å². The molecule has 0 saturated carbocycles. The van der Waals surface area contributed by atoms with Crippen molar-refractivity contribution in [1.29, 1.82) is 0 Å². The van der Waals surface area contributed by atoms with Gasteiger partial charge in [-0.05, 0) is 50.1 Å². The Kier molecular flexibility index (Phi) is 8.37. The molecule has 5 bridgehead atoms. The van der Waals surface area contributed by atoms with Gasteiger partial charge in [0.2, 0.25) is 11.8 Å². The number of aliphatic hydroxyl groups is 1. The molecule has 214 valence electrons. The van der Waals surface area contributed by atoms with E-state index < -0.39 is 53.5 Å². The van der Waals surface area contributed by atoms with E-state index in [9.17, 15) is 24.3 Å². The molecule has 40 heavy (non-hydrogen) atoms. The molecule has 2 saturated heterocycles. The number of carbonyl (C=O) groups is 4. The van der Waals surface area contributed by atoms with Gasteiger partial charge in [0, 0.05) is 41.3 Å². The molecule has 1 spiro atoms. The maximum atomic E-state index is 14.5. The number of likely N-dealkylation sites (tertiary alicyclic amines) is 1. The normalized spacial score (nSPS) is 33.5. The Hall–Kier alpha value is -2.73. The molecule has 1 aromatic carbocycles. The van der Waals surface area contributed by atoms with Crippen LogP contribution >= 0.6 is 27.5 Å². The highest BCUT2D eigenvalue weighted by Crippen LogP contribution is 2.59. The van der Waals surface area contributed by atoms with Gasteiger partial charge in [-0.3, -0.25) is 19.2 Å². The van der Waals surface area contributed by atoms with Gasteiger partial charge in [-0.2, -0.15) is 0 Å². The van der Waals surface area contributed by atoms with Gasteiger partial charge in [-0.15, -0.1) is 0 Å². The number of benzene rings is 1. The van der Waals surface area contributed by atoms with Gasteiger partial charge in [0.1, 0.15) is 29.8 Å². The van der Waals surface area contributed by atoms with E-state index in [-0.39, 0.29) is 45.0 Å². The molecule has 1 aromatic rings. The molecular weight excluding hydrogens is 606 g/mol. The third-order valence-corrected chi connectivity index (χ3v) is 8.72. The van der Waals surface area contributed by atoms with E-state index in [0.717, 1.165) is 0 Å². The van der Waals surface area contributed by atoms with E-state index in [4.69, 9.17) is 21.1 Å². The number of aliphatic hydroxyl groups excluding tert-OH is 1. The summed E-state index contributed by atoms with van der Waals surface area (Å²) in [6.07, 6.45) is 4.87. The fraction of sp³-hybridized carbons (Fsp3) is 0.500. The van der Waals surface area contributed by atoms with Gasteiger partial charge in [-0.1, -0.05) is 39.7 Å². The highest BCUT2D eigenvalue weighted by atomic mass is 79.9. The fourth-order valence-corrected chi connectivity index (χ4v) is 6.88. The van der Waals surface area contributed by atoms with Gasteiger partial charge in [0.05, 0.1) is 12.5 Å². The molecule has 4 aliphatic rings. The number of fused-ring (bicyclic) bond motifs is 2. The average Bonchev–Trinajstić information content (AvgIpc) is 3.51. The summed E-state index contributed by atoms with van der Waals surface area (Å²) in [5.41, 5.74) is -0.846. The Balaban J connectivity index is 1.61. The van der Waals surface area contributed by atoms with Gasteiger partial charge in [0.25, 0.3) is 5.91 Å². The molecule has 0 aliphatic carbocycles. The molecule has 2 N–H and O–H groups in total. The van der Waals surface area contributed by atoms with Crippen molar-refractivity contribution in [2.45, 2.75) is 50.0 Å². The number of nitrogens with one attached hydrogen (secondary N) is 1. The molecule has 0 unspecified atom stereocenters. The molecule has 5 rings (SSSR count). The average molecular weight is 637 g/mol. The first-order valence-corrected chi connectivity index (χ1v) is 14.5. The minimum Gasteiger partial charge on any atom is -0.460 e. The molecule has 4 heterocycles. The predicted molar refractivity (Wildman–Crippen MR) is 150 cm³/mol. The smallest absolute Gasteiger partial charge is 0.313 e. The van der Waals surface area contributed by atoms with Crippen molar-refractivity contribution >= 4 is 56.9 Å². The molecular formula is C28H31BrClN3O7. The summed E-state index contributed by atoms with van der Waals surface area (Å²) in [5, 5.41) is 12.8. The maximum Gasteiger partial charge on any atom is 0.313 e. The molecule has 0 aromatic heterocycles. The summed E-state index contributed by atoms with van der Waals surface area (Å²) in [7, 11) is 0. The van der Waals surface area contributed by atoms with Gasteiger partial charge in [0.15, 0.2) is 0 Å². The first-order chi connectivity index (χ1) is 19.2. The first kappa shape index (κ1) is 28.8. The number of allylic oxidation sites excluding steroid dienone is 1. The molecule has 0 radical (unpaired) electrons. The number of hydrogen-bond acceptors (Lipinski definition) is 7. The number of esters is 1. The Morgan fingerprint density at radius 3 is 2.62 bits per heavy atom. The fourth-order valence-electron chi connectivity index (χ4n) is 6.02. The van der Waals surface area contributed by atoms with Crippen LogP contribution in [-0.2, 0) is 28.7 Å². The predicted octanol–water partition coefficient (Wildman–Crippen LogP) is 2.33. The number of rotatable bonds is 4. The van der Waals surface area contributed by atoms with Crippen molar-refractivity contribution in [3.8, 4) is 0 Å². The van der Waals surface area contributed by atoms with Crippen LogP contribution in [0.15, 0.2) is 47.0 Å². The number of cyclic esters (lactones) is 1. The number of ether oxygens (including phenoxy) is 2. The van der Waals surface area contributed by atoms with Gasteiger partial charge < -0.3 is 29.7 Å². The molecule has 12 heteroatoms. The van der Waals surface area contributed by atoms with Crippen LogP contribution in [-0.4, -0.2) is 83.8 Å². The lowest BCUT2D eigenvalue weighted by Gasteiger charge is -2.35. The van der Waals surface area contributed by atoms with Crippen molar-refractivity contribution in [1.82, 2.24) is 10.2 Å². The molecule has 2 fully saturated rings. The SMILES string of the molecule is C[C@H]1CNC(=O)CC/C=C\CN(c2ccc(Cl)cc2)C(=O)[C@H]2N(CCCO)C(=O)[C@@H]3[C@@H](C(=O)O1)[C@@H]1O[C@@]32C=C1Br. The standard InChI is InChI=1S/C28H31BrClN3O7/c1-16-15-31-20(35)6-3-2-4-11-32(18-9-7-17(30)8-10-18)26(37)24-28-14-19(29)23(40-28)21(27(38)39-16)22(28)25(36)33(24)12-5-13-34/h2,4,7-10,14,16,21-24,34H,3,5-6,11-13,15H2,1H3,(H,31,35)/b4-2-/t16-,21+,22-,23+,24+,28-/m0/s1. The van der Waals surface area contributed by atoms with Crippen LogP contribution in [0.2, 0.25) is 5.02 Å².